The molecule has 1 saturated heterocycles. The number of azide groups is 1. The van der Waals surface area contributed by atoms with Gasteiger partial charge in [-0.25, -0.2) is 4.68 Å². The van der Waals surface area contributed by atoms with Gasteiger partial charge in [0.2, 0.25) is 0 Å². The second-order valence-electron chi connectivity index (χ2n) is 4.69. The molecule has 0 amide bonds. The molecule has 1 fully saturated rings. The second kappa shape index (κ2) is 5.30. The summed E-state index contributed by atoms with van der Waals surface area (Å²) in [6.45, 7) is 1.18. The largest absolute Gasteiger partial charge is 0.356 e. The first-order valence-corrected chi connectivity index (χ1v) is 6.47. The number of hydrogen-bond donors (Lipinski definition) is 0. The number of hydrogen-bond acceptors (Lipinski definition) is 3. The first-order chi connectivity index (χ1) is 9.38. The van der Waals surface area contributed by atoms with Gasteiger partial charge in [0.15, 0.2) is 6.23 Å². The highest BCUT2D eigenvalue weighted by atomic mass is 16.5. The molecule has 1 unspecified atom stereocenters. The fraction of sp³-hybridized carbons (Fsp3) is 0.462. The lowest BCUT2D eigenvalue weighted by atomic mass is 10.1. The van der Waals surface area contributed by atoms with Crippen molar-refractivity contribution in [2.45, 2.75) is 32.0 Å². The lowest BCUT2D eigenvalue weighted by Crippen LogP contribution is -2.18. The van der Waals surface area contributed by atoms with Crippen molar-refractivity contribution in [3.8, 4) is 0 Å². The maximum Gasteiger partial charge on any atom is 0.150 e. The van der Waals surface area contributed by atoms with Crippen LogP contribution in [0.2, 0.25) is 0 Å². The average Bonchev–Trinajstić information content (AvgIpc) is 2.89. The fourth-order valence-corrected chi connectivity index (χ4v) is 2.46. The molecule has 0 N–H and O–H groups in total. The lowest BCUT2D eigenvalue weighted by Gasteiger charge is -2.23. The molecule has 2 heterocycles. The number of nitrogens with zero attached hydrogens (tertiary/aromatic N) is 5. The van der Waals surface area contributed by atoms with Gasteiger partial charge in [-0.15, -0.1) is 0 Å². The van der Waals surface area contributed by atoms with Crippen LogP contribution in [-0.4, -0.2) is 16.4 Å². The third-order valence-electron chi connectivity index (χ3n) is 3.40. The molecule has 0 bridgehead atoms. The summed E-state index contributed by atoms with van der Waals surface area (Å²) in [6.07, 6.45) is 5.21. The zero-order valence-corrected chi connectivity index (χ0v) is 10.6. The molecule has 1 aliphatic rings. The molecular formula is C13H15N5O. The van der Waals surface area contributed by atoms with Gasteiger partial charge in [-0.05, 0) is 42.5 Å². The maximum absolute atomic E-state index is 8.34. The summed E-state index contributed by atoms with van der Waals surface area (Å²) in [7, 11) is 0. The Morgan fingerprint density at radius 1 is 1.47 bits per heavy atom. The van der Waals surface area contributed by atoms with E-state index >= 15 is 0 Å². The molecule has 6 heteroatoms. The van der Waals surface area contributed by atoms with E-state index in [1.165, 1.54) is 6.42 Å². The Morgan fingerprint density at radius 2 is 2.42 bits per heavy atom. The molecule has 1 aromatic heterocycles. The lowest BCUT2D eigenvalue weighted by molar-refractivity contribution is -0.0366. The molecule has 98 valence electrons. The number of aromatic nitrogens is 2. The van der Waals surface area contributed by atoms with Crippen molar-refractivity contribution < 1.29 is 4.74 Å². The number of ether oxygens (including phenoxy) is 1. The van der Waals surface area contributed by atoms with Crippen molar-refractivity contribution in [1.82, 2.24) is 9.78 Å². The van der Waals surface area contributed by atoms with Crippen molar-refractivity contribution in [3.63, 3.8) is 0 Å². The van der Waals surface area contributed by atoms with Crippen LogP contribution in [0, 0.1) is 0 Å². The van der Waals surface area contributed by atoms with E-state index in [2.05, 4.69) is 15.1 Å². The number of fused-ring (bicyclic) bond motifs is 1. The summed E-state index contributed by atoms with van der Waals surface area (Å²) in [5.41, 5.74) is 10.4. The summed E-state index contributed by atoms with van der Waals surface area (Å²) in [4.78, 5) is 2.77. The van der Waals surface area contributed by atoms with Crippen LogP contribution in [0.1, 0.15) is 31.1 Å². The van der Waals surface area contributed by atoms with Gasteiger partial charge in [-0.1, -0.05) is 11.2 Å². The van der Waals surface area contributed by atoms with Gasteiger partial charge in [0.1, 0.15) is 0 Å². The standard InChI is InChI=1S/C13H15N5O/c14-17-15-8-10-4-5-12-11(7-10)9-16-18(12)13-3-1-2-6-19-13/h4-5,7,9,13H,1-3,6,8H2. The minimum Gasteiger partial charge on any atom is -0.356 e. The van der Waals surface area contributed by atoms with E-state index in [0.29, 0.717) is 6.54 Å². The fourth-order valence-electron chi connectivity index (χ4n) is 2.46. The first kappa shape index (κ1) is 12.0. The van der Waals surface area contributed by atoms with E-state index in [1.807, 2.05) is 29.1 Å². The number of rotatable bonds is 3. The van der Waals surface area contributed by atoms with Crippen LogP contribution in [0.15, 0.2) is 29.5 Å². The van der Waals surface area contributed by atoms with E-state index in [1.54, 1.807) is 0 Å². The van der Waals surface area contributed by atoms with E-state index in [4.69, 9.17) is 10.3 Å². The monoisotopic (exact) mass is 257 g/mol. The minimum absolute atomic E-state index is 0.0502. The van der Waals surface area contributed by atoms with Gasteiger partial charge in [-0.2, -0.15) is 5.10 Å². The Labute approximate surface area is 110 Å². The molecule has 0 aliphatic carbocycles. The Balaban J connectivity index is 1.92. The molecule has 19 heavy (non-hydrogen) atoms. The summed E-state index contributed by atoms with van der Waals surface area (Å²) in [6, 6.07) is 6.00. The second-order valence-corrected chi connectivity index (χ2v) is 4.69. The smallest absolute Gasteiger partial charge is 0.150 e. The molecule has 1 aliphatic heterocycles. The van der Waals surface area contributed by atoms with Crippen molar-refractivity contribution >= 4 is 10.9 Å². The summed E-state index contributed by atoms with van der Waals surface area (Å²) in [5, 5.41) is 9.06. The zero-order chi connectivity index (χ0) is 13.1. The molecule has 1 atom stereocenters. The van der Waals surface area contributed by atoms with Crippen LogP contribution in [0.3, 0.4) is 0 Å². The third kappa shape index (κ3) is 2.41. The van der Waals surface area contributed by atoms with Gasteiger partial charge in [0, 0.05) is 16.9 Å². The molecule has 1 aromatic carbocycles. The van der Waals surface area contributed by atoms with E-state index in [0.717, 1.165) is 35.9 Å². The Bertz CT molecular complexity index is 623. The van der Waals surface area contributed by atoms with Crippen LogP contribution < -0.4 is 0 Å². The van der Waals surface area contributed by atoms with Crippen LogP contribution >= 0.6 is 0 Å². The van der Waals surface area contributed by atoms with Crippen LogP contribution in [-0.2, 0) is 11.3 Å². The van der Waals surface area contributed by atoms with Gasteiger partial charge >= 0.3 is 0 Å². The number of benzene rings is 1. The third-order valence-corrected chi connectivity index (χ3v) is 3.40. The summed E-state index contributed by atoms with van der Waals surface area (Å²) < 4.78 is 7.71. The minimum atomic E-state index is 0.0502. The topological polar surface area (TPSA) is 75.8 Å². The van der Waals surface area contributed by atoms with Gasteiger partial charge in [-0.3, -0.25) is 0 Å². The normalized spacial score (nSPS) is 19.3. The molecule has 0 saturated carbocycles. The van der Waals surface area contributed by atoms with Crippen LogP contribution in [0.25, 0.3) is 21.3 Å². The molecular weight excluding hydrogens is 242 g/mol. The van der Waals surface area contributed by atoms with E-state index in [-0.39, 0.29) is 6.23 Å². The van der Waals surface area contributed by atoms with Gasteiger partial charge < -0.3 is 4.74 Å². The molecule has 6 nitrogen and oxygen atoms in total. The van der Waals surface area contributed by atoms with Gasteiger partial charge in [0.05, 0.1) is 18.3 Å². The SMILES string of the molecule is [N-]=[N+]=NCc1ccc2c(cnn2C2CCCCO2)c1. The highest BCUT2D eigenvalue weighted by Gasteiger charge is 2.18. The van der Waals surface area contributed by atoms with Crippen molar-refractivity contribution in [3.05, 3.63) is 40.4 Å². The van der Waals surface area contributed by atoms with Crippen molar-refractivity contribution in [2.75, 3.05) is 6.61 Å². The van der Waals surface area contributed by atoms with E-state index < -0.39 is 0 Å². The van der Waals surface area contributed by atoms with Crippen molar-refractivity contribution in [1.29, 1.82) is 0 Å². The predicted molar refractivity (Wildman–Crippen MR) is 71.4 cm³/mol. The molecule has 3 rings (SSSR count). The average molecular weight is 257 g/mol. The van der Waals surface area contributed by atoms with Crippen molar-refractivity contribution in [2.24, 2.45) is 5.11 Å². The first-order valence-electron chi connectivity index (χ1n) is 6.47. The Kier molecular flexibility index (Phi) is 3.35. The highest BCUT2D eigenvalue weighted by molar-refractivity contribution is 5.79. The van der Waals surface area contributed by atoms with E-state index in [9.17, 15) is 0 Å². The van der Waals surface area contributed by atoms with Crippen LogP contribution in [0.4, 0.5) is 0 Å². The summed E-state index contributed by atoms with van der Waals surface area (Å²) in [5.74, 6) is 0. The molecule has 0 radical (unpaired) electrons. The molecule has 0 spiro atoms. The summed E-state index contributed by atoms with van der Waals surface area (Å²) >= 11 is 0. The zero-order valence-electron chi connectivity index (χ0n) is 10.6. The quantitative estimate of drug-likeness (QED) is 0.479. The predicted octanol–water partition coefficient (Wildman–Crippen LogP) is 3.55. The Hall–Kier alpha value is -2.04. The van der Waals surface area contributed by atoms with Crippen LogP contribution in [0.5, 0.6) is 0 Å². The maximum atomic E-state index is 8.34. The van der Waals surface area contributed by atoms with Gasteiger partial charge in [0.25, 0.3) is 0 Å². The Morgan fingerprint density at radius 3 is 3.21 bits per heavy atom. The highest BCUT2D eigenvalue weighted by Crippen LogP contribution is 2.26. The molecule has 2 aromatic rings.